The molecule has 0 spiro atoms. The van der Waals surface area contributed by atoms with Gasteiger partial charge in [0.1, 0.15) is 28.8 Å². The lowest BCUT2D eigenvalue weighted by molar-refractivity contribution is -0.137. The van der Waals surface area contributed by atoms with E-state index in [1.165, 1.54) is 64.7 Å². The Labute approximate surface area is 511 Å². The zero-order valence-electron chi connectivity index (χ0n) is 52.0. The van der Waals surface area contributed by atoms with Crippen molar-refractivity contribution in [3.05, 3.63) is 187 Å². The number of ether oxygens (including phenoxy) is 2. The molecule has 0 atom stereocenters. The molecular weight excluding hydrogens is 1060 g/mol. The summed E-state index contributed by atoms with van der Waals surface area (Å²) in [5.41, 5.74) is 21.3. The quantitative estimate of drug-likeness (QED) is 0.0287. The topological polar surface area (TPSA) is 178 Å². The Hall–Kier alpha value is -8.25. The van der Waals surface area contributed by atoms with Crippen LogP contribution in [-0.2, 0) is 32.0 Å². The number of aliphatic carboxylic acids is 1. The number of methoxy groups -OCH3 is 2. The van der Waals surface area contributed by atoms with Crippen LogP contribution >= 0.6 is 0 Å². The molecule has 85 heavy (non-hydrogen) atoms. The fourth-order valence-corrected chi connectivity index (χ4v) is 8.81. The Morgan fingerprint density at radius 3 is 0.976 bits per heavy atom. The third-order valence-electron chi connectivity index (χ3n) is 13.3. The number of carboxylic acids is 1. The first-order valence-corrected chi connectivity index (χ1v) is 29.9. The van der Waals surface area contributed by atoms with Crippen molar-refractivity contribution < 1.29 is 35.1 Å². The maximum Gasteiger partial charge on any atom is 0.303 e. The lowest BCUT2D eigenvalue weighted by Crippen LogP contribution is -2.11. The van der Waals surface area contributed by atoms with Crippen LogP contribution in [0.25, 0.3) is 0 Å². The van der Waals surface area contributed by atoms with Gasteiger partial charge >= 0.3 is 5.97 Å². The van der Waals surface area contributed by atoms with Gasteiger partial charge in [0.05, 0.1) is 14.2 Å². The summed E-state index contributed by atoms with van der Waals surface area (Å²) in [6, 6.07) is 53.8. The van der Waals surface area contributed by atoms with E-state index in [1.807, 2.05) is 115 Å². The fourth-order valence-electron chi connectivity index (χ4n) is 8.81. The number of carbonyl (C=O) groups excluding carboxylic acids is 3. The van der Waals surface area contributed by atoms with Gasteiger partial charge in [-0.25, -0.2) is 0 Å². The predicted molar refractivity (Wildman–Crippen MR) is 357 cm³/mol. The molecule has 0 saturated carbocycles. The van der Waals surface area contributed by atoms with E-state index in [1.54, 1.807) is 26.6 Å². The first-order chi connectivity index (χ1) is 41.2. The van der Waals surface area contributed by atoms with Gasteiger partial charge in [0.2, 0.25) is 0 Å². The number of carbonyl (C=O) groups is 4. The van der Waals surface area contributed by atoms with E-state index in [9.17, 15) is 19.2 Å². The zero-order chi connectivity index (χ0) is 61.9. The number of nitrogen functional groups attached to an aromatic ring is 2. The van der Waals surface area contributed by atoms with Gasteiger partial charge in [-0.3, -0.25) is 19.4 Å². The number of hydrogen-bond donors (Lipinski definition) is 3. The van der Waals surface area contributed by atoms with E-state index >= 15 is 0 Å². The van der Waals surface area contributed by atoms with Crippen LogP contribution in [0.2, 0.25) is 0 Å². The number of Topliss-reactive ketones (excluding diaryl/α,β-unsaturated/α-hetero) is 3. The number of nitrogens with zero attached hydrogens (tertiary/aromatic N) is 3. The van der Waals surface area contributed by atoms with Crippen molar-refractivity contribution in [2.45, 2.75) is 170 Å². The molecule has 1 aromatic heterocycles. The average Bonchev–Trinajstić information content (AvgIpc) is 2.28. The number of nitrogens with two attached hydrogens (primary N) is 2. The van der Waals surface area contributed by atoms with Gasteiger partial charge in [-0.2, -0.15) is 0 Å². The number of unbranched alkanes of at least 4 members (excludes halogenated alkanes) is 12. The van der Waals surface area contributed by atoms with Crippen LogP contribution in [0, 0.1) is 0 Å². The third kappa shape index (κ3) is 31.3. The van der Waals surface area contributed by atoms with E-state index in [-0.39, 0.29) is 20.1 Å². The molecule has 7 rings (SSSR count). The smallest absolute Gasteiger partial charge is 0.303 e. The highest BCUT2D eigenvalue weighted by atomic mass is 16.5. The number of benzene rings is 6. The number of hydrogen-bond acceptors (Lipinski definition) is 11. The minimum Gasteiger partial charge on any atom is -0.497 e. The van der Waals surface area contributed by atoms with Crippen LogP contribution in [0.4, 0.5) is 45.5 Å². The maximum atomic E-state index is 12.5. The zero-order valence-corrected chi connectivity index (χ0v) is 51.0. The summed E-state index contributed by atoms with van der Waals surface area (Å²) < 4.78 is 16.9. The van der Waals surface area contributed by atoms with Gasteiger partial charge in [0.15, 0.2) is 0 Å². The molecular formula is C73H99N5O7. The second-order valence-corrected chi connectivity index (χ2v) is 20.6. The van der Waals surface area contributed by atoms with Crippen LogP contribution in [-0.4, -0.2) is 47.6 Å². The predicted octanol–water partition coefficient (Wildman–Crippen LogP) is 19.2. The van der Waals surface area contributed by atoms with E-state index in [4.69, 9.17) is 27.4 Å². The Morgan fingerprint density at radius 2 is 0.729 bits per heavy atom. The first kappa shape index (κ1) is 71.0. The monoisotopic (exact) mass is 1160 g/mol. The van der Waals surface area contributed by atoms with Crippen molar-refractivity contribution in [1.82, 2.24) is 4.98 Å². The molecule has 12 heteroatoms. The molecule has 0 radical (unpaired) electrons. The maximum absolute atomic E-state index is 12.5. The molecule has 0 aliphatic rings. The van der Waals surface area contributed by atoms with Crippen LogP contribution in [0.15, 0.2) is 176 Å². The van der Waals surface area contributed by atoms with Crippen LogP contribution in [0.1, 0.15) is 170 Å². The molecule has 1 heterocycles. The van der Waals surface area contributed by atoms with Gasteiger partial charge < -0.3 is 40.6 Å². The van der Waals surface area contributed by atoms with Crippen molar-refractivity contribution in [2.24, 2.45) is 0 Å². The number of pyridine rings is 1. The largest absolute Gasteiger partial charge is 0.497 e. The summed E-state index contributed by atoms with van der Waals surface area (Å²) in [6.45, 7) is 7.88. The molecule has 5 N–H and O–H groups in total. The van der Waals surface area contributed by atoms with Crippen LogP contribution in [0.3, 0.4) is 0 Å². The summed E-state index contributed by atoms with van der Waals surface area (Å²) >= 11 is 0. The molecule has 0 aliphatic carbocycles. The minimum atomic E-state index is -0.670. The highest BCUT2D eigenvalue weighted by Gasteiger charge is 2.16. The van der Waals surface area contributed by atoms with Gasteiger partial charge in [0.25, 0.3) is 0 Å². The summed E-state index contributed by atoms with van der Waals surface area (Å²) in [5, 5.41) is 8.27. The Bertz CT molecular complexity index is 2730. The van der Waals surface area contributed by atoms with Gasteiger partial charge in [-0.15, -0.1) is 0 Å². The van der Waals surface area contributed by atoms with Crippen molar-refractivity contribution in [3.63, 3.8) is 0 Å². The Kier molecular flexibility index (Phi) is 37.0. The van der Waals surface area contributed by atoms with E-state index in [2.05, 4.69) is 84.1 Å². The van der Waals surface area contributed by atoms with Gasteiger partial charge in [-0.05, 0) is 178 Å². The van der Waals surface area contributed by atoms with Crippen LogP contribution < -0.4 is 30.7 Å². The number of rotatable bonds is 30. The Morgan fingerprint density at radius 1 is 0.447 bits per heavy atom. The molecule has 6 aromatic carbocycles. The van der Waals surface area contributed by atoms with E-state index in [0.29, 0.717) is 43.7 Å². The summed E-state index contributed by atoms with van der Waals surface area (Å²) in [5.74, 6) is 1.50. The lowest BCUT2D eigenvalue weighted by Gasteiger charge is -2.26. The normalized spacial score (nSPS) is 10.2. The summed E-state index contributed by atoms with van der Waals surface area (Å²) in [4.78, 5) is 52.8. The second kappa shape index (κ2) is 44.3. The number of ketones is 3. The molecule has 12 nitrogen and oxygen atoms in total. The van der Waals surface area contributed by atoms with Crippen LogP contribution in [0.5, 0.6) is 11.5 Å². The molecule has 0 fully saturated rings. The molecule has 0 saturated heterocycles. The average molecular weight is 1160 g/mol. The number of carboxylic acid groups (broad SMARTS) is 1. The van der Waals surface area contributed by atoms with Gasteiger partial charge in [-0.1, -0.05) is 136 Å². The third-order valence-corrected chi connectivity index (χ3v) is 13.3. The van der Waals surface area contributed by atoms with Gasteiger partial charge in [0, 0.05) is 91.4 Å². The highest BCUT2D eigenvalue weighted by molar-refractivity contribution is 5.83. The van der Waals surface area contributed by atoms with Crippen molar-refractivity contribution in [1.29, 1.82) is 0 Å². The summed E-state index contributed by atoms with van der Waals surface area (Å²) in [6.07, 6.45) is 23.3. The fraction of sp³-hybridized carbons (Fsp3) is 0.384. The second-order valence-electron chi connectivity index (χ2n) is 20.6. The van der Waals surface area contributed by atoms with E-state index < -0.39 is 5.97 Å². The molecule has 0 bridgehead atoms. The minimum absolute atomic E-state index is 0. The summed E-state index contributed by atoms with van der Waals surface area (Å²) in [7, 11) is 3.33. The van der Waals surface area contributed by atoms with Crippen molar-refractivity contribution >= 4 is 68.8 Å². The molecule has 458 valence electrons. The molecule has 0 unspecified atom stereocenters. The van der Waals surface area contributed by atoms with Crippen molar-refractivity contribution in [2.75, 3.05) is 35.5 Å². The van der Waals surface area contributed by atoms with E-state index in [0.717, 1.165) is 107 Å². The highest BCUT2D eigenvalue weighted by Crippen LogP contribution is 2.37. The Balaban J connectivity index is 0.000000463. The molecule has 7 aromatic rings. The lowest BCUT2D eigenvalue weighted by atomic mass is 10.0. The SMILES string of the molecule is C.CCCCCCCC(=O)Cc1ccc(N(c2ccc(CC(=O)CCCCCCC)cc2)c2ccc(OC)cc2)cc1.CCCCCCCC(=O)O.COc1ccc(N(c2ccc(N)cc2)c2ccc(N)cc2)cc1.[2H]CC(C)=O.c1ccncc1. The number of anilines is 8. The standard InChI is InChI=1S/C37H49NO3.C19H19N3O.C8H16O2.C5H5N.C3H6O.CH4/c1-4-6-8-10-12-14-35(39)28-30-16-20-32(21-17-30)38(34-24-26-37(41-3)27-25-34)33-22-18-31(19-23-33)29-36(40)15-13-11-9-7-5-2;1-23-19-12-10-18(11-13-19)22(16-6-2-14(20)3-7-16)17-8-4-15(21)5-9-17;1-2-3-4-5-6-7-8(9)10;1-2-4-6-5-3-1;1-3(2)4;/h16-27H,4-15,28-29H2,1-3H3;2-13H,20-21H2,1H3;2-7H2,1H3,(H,9,10);1-5H;1-2H3;1H4/i;;;;1D;. The first-order valence-electron chi connectivity index (χ1n) is 30.6. The molecule has 0 amide bonds. The number of aromatic nitrogens is 1. The molecule has 0 aliphatic heterocycles. The van der Waals surface area contributed by atoms with Crippen molar-refractivity contribution in [3.8, 4) is 11.5 Å².